The minimum Gasteiger partial charge on any atom is -0.350 e. The maximum Gasteiger partial charge on any atom is 0.234 e. The molecule has 104 valence electrons. The average molecular weight is 260 g/mol. The molecule has 0 atom stereocenters. The molecule has 0 radical (unpaired) electrons. The molecule has 0 heterocycles. The van der Waals surface area contributed by atoms with Gasteiger partial charge in [0.25, 0.3) is 0 Å². The fourth-order valence-corrected chi connectivity index (χ4v) is 2.16. The smallest absolute Gasteiger partial charge is 0.234 e. The first-order chi connectivity index (χ1) is 8.94. The van der Waals surface area contributed by atoms with Gasteiger partial charge in [0, 0.05) is 12.1 Å². The Bertz CT molecular complexity index is 444. The van der Waals surface area contributed by atoms with Crippen molar-refractivity contribution in [2.24, 2.45) is 0 Å². The first kappa shape index (κ1) is 14.1. The molecule has 1 aliphatic carbocycles. The second kappa shape index (κ2) is 5.74. The van der Waals surface area contributed by atoms with Crippen molar-refractivity contribution in [2.45, 2.75) is 51.6 Å². The van der Waals surface area contributed by atoms with E-state index in [0.29, 0.717) is 6.54 Å². The van der Waals surface area contributed by atoms with Crippen molar-refractivity contribution in [1.29, 1.82) is 0 Å². The first-order valence-electron chi connectivity index (χ1n) is 7.04. The first-order valence-corrected chi connectivity index (χ1v) is 7.04. The number of rotatable bonds is 5. The highest BCUT2D eigenvalue weighted by atomic mass is 16.2. The van der Waals surface area contributed by atoms with Crippen LogP contribution >= 0.6 is 0 Å². The van der Waals surface area contributed by atoms with E-state index in [1.165, 1.54) is 24.0 Å². The Hall–Kier alpha value is -1.35. The third kappa shape index (κ3) is 5.03. The highest BCUT2D eigenvalue weighted by molar-refractivity contribution is 5.78. The Labute approximate surface area is 115 Å². The summed E-state index contributed by atoms with van der Waals surface area (Å²) in [7, 11) is 0. The summed E-state index contributed by atoms with van der Waals surface area (Å²) in [5.74, 6) is 0.829. The molecule has 1 aliphatic rings. The average Bonchev–Trinajstić information content (AvgIpc) is 3.10. The summed E-state index contributed by atoms with van der Waals surface area (Å²) >= 11 is 0. The summed E-state index contributed by atoms with van der Waals surface area (Å²) < 4.78 is 0. The van der Waals surface area contributed by atoms with Crippen LogP contribution in [-0.4, -0.2) is 18.0 Å². The van der Waals surface area contributed by atoms with E-state index in [9.17, 15) is 4.79 Å². The topological polar surface area (TPSA) is 41.1 Å². The van der Waals surface area contributed by atoms with E-state index in [0.717, 1.165) is 12.5 Å². The quantitative estimate of drug-likeness (QED) is 0.854. The van der Waals surface area contributed by atoms with Crippen molar-refractivity contribution in [3.63, 3.8) is 0 Å². The Morgan fingerprint density at radius 1 is 1.32 bits per heavy atom. The van der Waals surface area contributed by atoms with Gasteiger partial charge in [0.15, 0.2) is 0 Å². The SMILES string of the molecule is CC(C)(C)NC(=O)CNCc1cccc(C2CC2)c1. The number of hydrogen-bond donors (Lipinski definition) is 2. The van der Waals surface area contributed by atoms with Crippen LogP contribution in [0.5, 0.6) is 0 Å². The van der Waals surface area contributed by atoms with E-state index in [1.807, 2.05) is 20.8 Å². The third-order valence-corrected chi connectivity index (χ3v) is 3.13. The standard InChI is InChI=1S/C16H24N2O/c1-16(2,3)18-15(19)11-17-10-12-5-4-6-14(9-12)13-7-8-13/h4-6,9,13,17H,7-8,10-11H2,1-3H3,(H,18,19). The second-order valence-corrected chi connectivity index (χ2v) is 6.42. The fourth-order valence-electron chi connectivity index (χ4n) is 2.16. The molecule has 2 N–H and O–H groups in total. The molecule has 19 heavy (non-hydrogen) atoms. The molecule has 0 saturated heterocycles. The highest BCUT2D eigenvalue weighted by Gasteiger charge is 2.23. The van der Waals surface area contributed by atoms with Crippen LogP contribution in [0.4, 0.5) is 0 Å². The van der Waals surface area contributed by atoms with Crippen molar-refractivity contribution < 1.29 is 4.79 Å². The lowest BCUT2D eigenvalue weighted by molar-refractivity contribution is -0.121. The van der Waals surface area contributed by atoms with E-state index in [-0.39, 0.29) is 11.4 Å². The molecular formula is C16H24N2O. The summed E-state index contributed by atoms with van der Waals surface area (Å²) in [4.78, 5) is 11.7. The van der Waals surface area contributed by atoms with Gasteiger partial charge in [0.2, 0.25) is 5.91 Å². The van der Waals surface area contributed by atoms with Crippen molar-refractivity contribution in [3.8, 4) is 0 Å². The predicted molar refractivity (Wildman–Crippen MR) is 78.0 cm³/mol. The zero-order valence-corrected chi connectivity index (χ0v) is 12.1. The van der Waals surface area contributed by atoms with E-state index in [1.54, 1.807) is 0 Å². The molecule has 1 saturated carbocycles. The maximum atomic E-state index is 11.7. The number of nitrogens with one attached hydrogen (secondary N) is 2. The highest BCUT2D eigenvalue weighted by Crippen LogP contribution is 2.40. The van der Waals surface area contributed by atoms with Gasteiger partial charge >= 0.3 is 0 Å². The minimum absolute atomic E-state index is 0.0471. The molecule has 0 spiro atoms. The molecule has 1 aromatic carbocycles. The van der Waals surface area contributed by atoms with Crippen molar-refractivity contribution in [1.82, 2.24) is 10.6 Å². The molecular weight excluding hydrogens is 236 g/mol. The molecule has 0 aromatic heterocycles. The second-order valence-electron chi connectivity index (χ2n) is 6.42. The minimum atomic E-state index is -0.162. The van der Waals surface area contributed by atoms with Crippen LogP contribution in [0.3, 0.4) is 0 Å². The van der Waals surface area contributed by atoms with Gasteiger partial charge in [-0.1, -0.05) is 24.3 Å². The molecule has 0 aliphatic heterocycles. The van der Waals surface area contributed by atoms with Crippen molar-refractivity contribution in [3.05, 3.63) is 35.4 Å². The molecule has 3 nitrogen and oxygen atoms in total. The number of carbonyl (C=O) groups excluding carboxylic acids is 1. The molecule has 1 amide bonds. The van der Waals surface area contributed by atoms with Crippen molar-refractivity contribution >= 4 is 5.91 Å². The lowest BCUT2D eigenvalue weighted by Gasteiger charge is -2.20. The van der Waals surface area contributed by atoms with E-state index in [2.05, 4.69) is 34.9 Å². The number of benzene rings is 1. The van der Waals surface area contributed by atoms with Gasteiger partial charge in [-0.3, -0.25) is 4.79 Å². The largest absolute Gasteiger partial charge is 0.350 e. The van der Waals surface area contributed by atoms with Gasteiger partial charge in [-0.2, -0.15) is 0 Å². The Morgan fingerprint density at radius 3 is 2.68 bits per heavy atom. The van der Waals surface area contributed by atoms with Crippen LogP contribution in [0.2, 0.25) is 0 Å². The van der Waals surface area contributed by atoms with Crippen LogP contribution in [-0.2, 0) is 11.3 Å². The fraction of sp³-hybridized carbons (Fsp3) is 0.562. The van der Waals surface area contributed by atoms with E-state index >= 15 is 0 Å². The van der Waals surface area contributed by atoms with Crippen molar-refractivity contribution in [2.75, 3.05) is 6.54 Å². The number of carbonyl (C=O) groups is 1. The van der Waals surface area contributed by atoms with Crippen LogP contribution in [0.25, 0.3) is 0 Å². The van der Waals surface area contributed by atoms with Gasteiger partial charge in [-0.15, -0.1) is 0 Å². The zero-order chi connectivity index (χ0) is 13.9. The zero-order valence-electron chi connectivity index (χ0n) is 12.1. The van der Waals surface area contributed by atoms with Gasteiger partial charge < -0.3 is 10.6 Å². The summed E-state index contributed by atoms with van der Waals surface area (Å²) in [6, 6.07) is 8.68. The monoisotopic (exact) mass is 260 g/mol. The Balaban J connectivity index is 1.76. The summed E-state index contributed by atoms with van der Waals surface area (Å²) in [5.41, 5.74) is 2.54. The molecule has 0 unspecified atom stereocenters. The molecule has 3 heteroatoms. The normalized spacial score (nSPS) is 15.3. The molecule has 1 aromatic rings. The van der Waals surface area contributed by atoms with Crippen LogP contribution in [0.1, 0.15) is 50.7 Å². The number of amides is 1. The molecule has 0 bridgehead atoms. The summed E-state index contributed by atoms with van der Waals surface area (Å²) in [5, 5.41) is 6.14. The summed E-state index contributed by atoms with van der Waals surface area (Å²) in [6.07, 6.45) is 2.65. The third-order valence-electron chi connectivity index (χ3n) is 3.13. The Morgan fingerprint density at radius 2 is 2.05 bits per heavy atom. The van der Waals surface area contributed by atoms with Gasteiger partial charge in [0.05, 0.1) is 6.54 Å². The molecule has 1 fully saturated rings. The predicted octanol–water partition coefficient (Wildman–Crippen LogP) is 2.57. The Kier molecular flexibility index (Phi) is 4.25. The van der Waals surface area contributed by atoms with Gasteiger partial charge in [0.1, 0.15) is 0 Å². The van der Waals surface area contributed by atoms with Crippen LogP contribution in [0.15, 0.2) is 24.3 Å². The van der Waals surface area contributed by atoms with Gasteiger partial charge in [-0.05, 0) is 50.7 Å². The lowest BCUT2D eigenvalue weighted by atomic mass is 10.1. The summed E-state index contributed by atoms with van der Waals surface area (Å²) in [6.45, 7) is 7.08. The van der Waals surface area contributed by atoms with Crippen LogP contribution in [0, 0.1) is 0 Å². The lowest BCUT2D eigenvalue weighted by Crippen LogP contribution is -2.44. The van der Waals surface area contributed by atoms with Gasteiger partial charge in [-0.25, -0.2) is 0 Å². The molecule has 2 rings (SSSR count). The van der Waals surface area contributed by atoms with Crippen LogP contribution < -0.4 is 10.6 Å². The van der Waals surface area contributed by atoms with E-state index < -0.39 is 0 Å². The number of hydrogen-bond acceptors (Lipinski definition) is 2. The van der Waals surface area contributed by atoms with E-state index in [4.69, 9.17) is 0 Å². The maximum absolute atomic E-state index is 11.7.